The maximum atomic E-state index is 11.9. The Morgan fingerprint density at radius 2 is 2.07 bits per heavy atom. The van der Waals surface area contributed by atoms with Gasteiger partial charge in [-0.25, -0.2) is 9.97 Å². The summed E-state index contributed by atoms with van der Waals surface area (Å²) in [7, 11) is 0. The number of rotatable bonds is 3. The Hall–Kier alpha value is -3.03. The highest BCUT2D eigenvalue weighted by Crippen LogP contribution is 2.31. The van der Waals surface area contributed by atoms with Crippen LogP contribution in [0.1, 0.15) is 31.5 Å². The number of pyridine rings is 1. The second kappa shape index (κ2) is 7.53. The van der Waals surface area contributed by atoms with Gasteiger partial charge in [-0.2, -0.15) is 0 Å². The standard InChI is InChI=1S/C20H24N6O2/c1-13(27)22-16-5-8-26(11-16)20-17-6-9-25(14(2)28)12-18(17)23-19(24-20)15-4-3-7-21-10-15/h3-4,7,10,16H,5-6,8-9,11-12H2,1-2H3,(H,22,27)/t16-/m1/s1. The van der Waals surface area contributed by atoms with E-state index < -0.39 is 0 Å². The van der Waals surface area contributed by atoms with Crippen LogP contribution in [0.5, 0.6) is 0 Å². The zero-order valence-electron chi connectivity index (χ0n) is 16.2. The van der Waals surface area contributed by atoms with Crippen LogP contribution < -0.4 is 10.2 Å². The molecule has 0 radical (unpaired) electrons. The fourth-order valence-corrected chi connectivity index (χ4v) is 3.92. The average Bonchev–Trinajstić information content (AvgIpc) is 3.14. The van der Waals surface area contributed by atoms with Gasteiger partial charge in [0, 0.05) is 63.0 Å². The van der Waals surface area contributed by atoms with Crippen molar-refractivity contribution in [1.82, 2.24) is 25.2 Å². The number of anilines is 1. The highest BCUT2D eigenvalue weighted by atomic mass is 16.2. The third-order valence-corrected chi connectivity index (χ3v) is 5.30. The predicted octanol–water partition coefficient (Wildman–Crippen LogP) is 1.16. The summed E-state index contributed by atoms with van der Waals surface area (Å²) in [5.41, 5.74) is 2.85. The van der Waals surface area contributed by atoms with Crippen molar-refractivity contribution < 1.29 is 9.59 Å². The second-order valence-corrected chi connectivity index (χ2v) is 7.36. The Morgan fingerprint density at radius 3 is 2.79 bits per heavy atom. The molecule has 4 rings (SSSR count). The lowest BCUT2D eigenvalue weighted by molar-refractivity contribution is -0.129. The summed E-state index contributed by atoms with van der Waals surface area (Å²) in [6, 6.07) is 3.93. The van der Waals surface area contributed by atoms with Crippen molar-refractivity contribution in [3.05, 3.63) is 35.8 Å². The summed E-state index contributed by atoms with van der Waals surface area (Å²) in [5.74, 6) is 1.58. The van der Waals surface area contributed by atoms with E-state index in [1.54, 1.807) is 26.2 Å². The molecule has 2 amide bonds. The van der Waals surface area contributed by atoms with E-state index in [0.717, 1.165) is 48.6 Å². The summed E-state index contributed by atoms with van der Waals surface area (Å²) in [4.78, 5) is 41.2. The third-order valence-electron chi connectivity index (χ3n) is 5.30. The predicted molar refractivity (Wildman–Crippen MR) is 104 cm³/mol. The maximum Gasteiger partial charge on any atom is 0.219 e. The van der Waals surface area contributed by atoms with E-state index in [9.17, 15) is 9.59 Å². The Kier molecular flexibility index (Phi) is 4.93. The molecular weight excluding hydrogens is 356 g/mol. The molecule has 2 aliphatic heterocycles. The van der Waals surface area contributed by atoms with E-state index in [4.69, 9.17) is 9.97 Å². The fraction of sp³-hybridized carbons (Fsp3) is 0.450. The number of hydrogen-bond acceptors (Lipinski definition) is 6. The number of amides is 2. The zero-order valence-corrected chi connectivity index (χ0v) is 16.2. The lowest BCUT2D eigenvalue weighted by Crippen LogP contribution is -2.38. The first-order chi connectivity index (χ1) is 13.5. The Morgan fingerprint density at radius 1 is 1.21 bits per heavy atom. The van der Waals surface area contributed by atoms with Gasteiger partial charge < -0.3 is 15.1 Å². The SMILES string of the molecule is CC(=O)N[C@@H]1CCN(c2nc(-c3cccnc3)nc3c2CCN(C(C)=O)C3)C1. The second-order valence-electron chi connectivity index (χ2n) is 7.36. The van der Waals surface area contributed by atoms with E-state index in [1.807, 2.05) is 17.0 Å². The van der Waals surface area contributed by atoms with Crippen LogP contribution in [-0.2, 0) is 22.6 Å². The molecule has 0 saturated carbocycles. The summed E-state index contributed by atoms with van der Waals surface area (Å²) in [5, 5.41) is 3.00. The number of fused-ring (bicyclic) bond motifs is 1. The summed E-state index contributed by atoms with van der Waals surface area (Å²) in [6.07, 6.45) is 5.10. The van der Waals surface area contributed by atoms with Crippen molar-refractivity contribution >= 4 is 17.6 Å². The van der Waals surface area contributed by atoms with E-state index >= 15 is 0 Å². The van der Waals surface area contributed by atoms with Crippen LogP contribution in [0.15, 0.2) is 24.5 Å². The van der Waals surface area contributed by atoms with Gasteiger partial charge in [-0.15, -0.1) is 0 Å². The van der Waals surface area contributed by atoms with Gasteiger partial charge in [0.25, 0.3) is 0 Å². The van der Waals surface area contributed by atoms with Gasteiger partial charge in [0.1, 0.15) is 5.82 Å². The lowest BCUT2D eigenvalue weighted by atomic mass is 10.0. The number of carbonyl (C=O) groups excluding carboxylic acids is 2. The van der Waals surface area contributed by atoms with Crippen LogP contribution in [0.4, 0.5) is 5.82 Å². The molecule has 4 heterocycles. The number of nitrogens with zero attached hydrogens (tertiary/aromatic N) is 5. The molecule has 2 aromatic heterocycles. The van der Waals surface area contributed by atoms with Crippen molar-refractivity contribution in [3.63, 3.8) is 0 Å². The molecule has 8 nitrogen and oxygen atoms in total. The van der Waals surface area contributed by atoms with E-state index in [1.165, 1.54) is 0 Å². The largest absolute Gasteiger partial charge is 0.354 e. The minimum Gasteiger partial charge on any atom is -0.354 e. The summed E-state index contributed by atoms with van der Waals surface area (Å²) in [6.45, 7) is 5.87. The Balaban J connectivity index is 1.72. The number of carbonyl (C=O) groups is 2. The molecule has 1 fully saturated rings. The normalized spacial score (nSPS) is 18.7. The van der Waals surface area contributed by atoms with Crippen LogP contribution in [0.2, 0.25) is 0 Å². The van der Waals surface area contributed by atoms with Gasteiger partial charge in [-0.3, -0.25) is 14.6 Å². The molecule has 1 saturated heterocycles. The number of aromatic nitrogens is 3. The van der Waals surface area contributed by atoms with Crippen LogP contribution in [0, 0.1) is 0 Å². The average molecular weight is 380 g/mol. The molecule has 0 aliphatic carbocycles. The zero-order chi connectivity index (χ0) is 19.7. The summed E-state index contributed by atoms with van der Waals surface area (Å²) < 4.78 is 0. The van der Waals surface area contributed by atoms with Crippen molar-refractivity contribution in [2.75, 3.05) is 24.5 Å². The monoisotopic (exact) mass is 380 g/mol. The van der Waals surface area contributed by atoms with E-state index in [-0.39, 0.29) is 17.9 Å². The van der Waals surface area contributed by atoms with Gasteiger partial charge in [0.05, 0.1) is 12.2 Å². The molecular formula is C20H24N6O2. The van der Waals surface area contributed by atoms with Crippen LogP contribution in [-0.4, -0.2) is 57.3 Å². The van der Waals surface area contributed by atoms with Crippen molar-refractivity contribution in [3.8, 4) is 11.4 Å². The van der Waals surface area contributed by atoms with Crippen molar-refractivity contribution in [1.29, 1.82) is 0 Å². The van der Waals surface area contributed by atoms with Crippen molar-refractivity contribution in [2.45, 2.75) is 39.3 Å². The molecule has 0 unspecified atom stereocenters. The smallest absolute Gasteiger partial charge is 0.219 e. The molecule has 0 bridgehead atoms. The minimum atomic E-state index is -0.00952. The third kappa shape index (κ3) is 3.67. The molecule has 2 aromatic rings. The minimum absolute atomic E-state index is 0.00952. The summed E-state index contributed by atoms with van der Waals surface area (Å²) >= 11 is 0. The van der Waals surface area contributed by atoms with Crippen LogP contribution in [0.3, 0.4) is 0 Å². The number of nitrogens with one attached hydrogen (secondary N) is 1. The maximum absolute atomic E-state index is 11.9. The first-order valence-electron chi connectivity index (χ1n) is 9.59. The molecule has 1 N–H and O–H groups in total. The fourth-order valence-electron chi connectivity index (χ4n) is 3.92. The molecule has 28 heavy (non-hydrogen) atoms. The molecule has 0 spiro atoms. The first-order valence-corrected chi connectivity index (χ1v) is 9.59. The highest BCUT2D eigenvalue weighted by molar-refractivity contribution is 5.74. The topological polar surface area (TPSA) is 91.3 Å². The van der Waals surface area contributed by atoms with Gasteiger partial charge in [-0.05, 0) is 25.0 Å². The first kappa shape index (κ1) is 18.3. The molecule has 8 heteroatoms. The van der Waals surface area contributed by atoms with Crippen LogP contribution in [0.25, 0.3) is 11.4 Å². The Labute approximate surface area is 164 Å². The number of hydrogen-bond donors (Lipinski definition) is 1. The molecule has 2 aliphatic rings. The van der Waals surface area contributed by atoms with Gasteiger partial charge >= 0.3 is 0 Å². The molecule has 146 valence electrons. The van der Waals surface area contributed by atoms with E-state index in [2.05, 4.69) is 15.2 Å². The quantitative estimate of drug-likeness (QED) is 0.859. The van der Waals surface area contributed by atoms with Crippen LogP contribution >= 0.6 is 0 Å². The molecule has 0 aromatic carbocycles. The van der Waals surface area contributed by atoms with E-state index in [0.29, 0.717) is 18.9 Å². The van der Waals surface area contributed by atoms with Crippen molar-refractivity contribution in [2.24, 2.45) is 0 Å². The van der Waals surface area contributed by atoms with Gasteiger partial charge in [0.15, 0.2) is 5.82 Å². The Bertz CT molecular complexity index is 901. The van der Waals surface area contributed by atoms with Gasteiger partial charge in [0.2, 0.25) is 11.8 Å². The lowest BCUT2D eigenvalue weighted by Gasteiger charge is -2.31. The highest BCUT2D eigenvalue weighted by Gasteiger charge is 2.30. The molecule has 1 atom stereocenters. The van der Waals surface area contributed by atoms with Gasteiger partial charge in [-0.1, -0.05) is 0 Å².